The lowest BCUT2D eigenvalue weighted by Crippen LogP contribution is -2.57. The van der Waals surface area contributed by atoms with Crippen LogP contribution in [0.1, 0.15) is 61.0 Å². The SMILES string of the molecule is Cc1c(F)cccc1[C@@H]1[C@@H](C(=O)c2cccc(O)c2)CN(C(=O)OC(C)(C)C)C[C@H]1C(=O)N1CCC[C@H]1C(F)(F)F. The van der Waals surface area contributed by atoms with Crippen LogP contribution in [-0.4, -0.2) is 70.1 Å². The lowest BCUT2D eigenvalue weighted by Gasteiger charge is -2.45. The predicted molar refractivity (Wildman–Crippen MR) is 142 cm³/mol. The Morgan fingerprint density at radius 1 is 1.00 bits per heavy atom. The summed E-state index contributed by atoms with van der Waals surface area (Å²) in [6.07, 6.45) is -5.60. The number of carbonyl (C=O) groups is 3. The minimum atomic E-state index is -4.66. The predicted octanol–water partition coefficient (Wildman–Crippen LogP) is 5.84. The molecule has 0 spiro atoms. The molecule has 0 bridgehead atoms. The second-order valence-electron chi connectivity index (χ2n) is 11.7. The lowest BCUT2D eigenvalue weighted by atomic mass is 9.69. The number of rotatable bonds is 4. The Kier molecular flexibility index (Phi) is 8.38. The molecule has 2 aromatic carbocycles. The molecule has 4 rings (SSSR count). The van der Waals surface area contributed by atoms with Crippen molar-refractivity contribution >= 4 is 17.8 Å². The molecular weight excluding hydrogens is 544 g/mol. The summed E-state index contributed by atoms with van der Waals surface area (Å²) < 4.78 is 62.1. The van der Waals surface area contributed by atoms with E-state index in [1.54, 1.807) is 26.8 Å². The maximum absolute atomic E-state index is 14.8. The second-order valence-corrected chi connectivity index (χ2v) is 11.7. The van der Waals surface area contributed by atoms with E-state index in [1.165, 1.54) is 48.2 Å². The lowest BCUT2D eigenvalue weighted by molar-refractivity contribution is -0.185. The first kappa shape index (κ1) is 30.3. The number of piperidine rings is 1. The van der Waals surface area contributed by atoms with Gasteiger partial charge in [0.25, 0.3) is 0 Å². The third-order valence-electron chi connectivity index (χ3n) is 7.72. The largest absolute Gasteiger partial charge is 0.508 e. The summed E-state index contributed by atoms with van der Waals surface area (Å²) in [4.78, 5) is 43.2. The van der Waals surface area contributed by atoms with E-state index in [1.807, 2.05) is 0 Å². The van der Waals surface area contributed by atoms with Crippen LogP contribution < -0.4 is 0 Å². The van der Waals surface area contributed by atoms with Crippen molar-refractivity contribution in [2.75, 3.05) is 19.6 Å². The van der Waals surface area contributed by atoms with E-state index in [-0.39, 0.29) is 49.4 Å². The molecule has 222 valence electrons. The van der Waals surface area contributed by atoms with Gasteiger partial charge in [0.15, 0.2) is 5.78 Å². The third-order valence-corrected chi connectivity index (χ3v) is 7.72. The van der Waals surface area contributed by atoms with Gasteiger partial charge in [-0.1, -0.05) is 24.3 Å². The number of ether oxygens (including phenoxy) is 1. The van der Waals surface area contributed by atoms with Gasteiger partial charge < -0.3 is 19.6 Å². The van der Waals surface area contributed by atoms with Crippen LogP contribution in [0.15, 0.2) is 42.5 Å². The van der Waals surface area contributed by atoms with Gasteiger partial charge in [-0.2, -0.15) is 13.2 Å². The fourth-order valence-electron chi connectivity index (χ4n) is 5.89. The molecule has 0 unspecified atom stereocenters. The number of hydrogen-bond donors (Lipinski definition) is 1. The Labute approximate surface area is 236 Å². The van der Waals surface area contributed by atoms with E-state index < -0.39 is 59.2 Å². The molecule has 2 fully saturated rings. The molecule has 2 saturated heterocycles. The number of ketones is 1. The van der Waals surface area contributed by atoms with Crippen LogP contribution in [-0.2, 0) is 9.53 Å². The number of likely N-dealkylation sites (tertiary alicyclic amines) is 2. The third kappa shape index (κ3) is 6.49. The summed E-state index contributed by atoms with van der Waals surface area (Å²) in [5, 5.41) is 10.0. The molecule has 4 atom stereocenters. The van der Waals surface area contributed by atoms with Crippen molar-refractivity contribution in [3.63, 3.8) is 0 Å². The zero-order valence-electron chi connectivity index (χ0n) is 23.4. The molecular formula is C30H34F4N2O5. The molecule has 0 aliphatic carbocycles. The number of aromatic hydroxyl groups is 1. The first-order chi connectivity index (χ1) is 19.1. The monoisotopic (exact) mass is 578 g/mol. The Morgan fingerprint density at radius 2 is 1.66 bits per heavy atom. The van der Waals surface area contributed by atoms with Gasteiger partial charge in [-0.25, -0.2) is 9.18 Å². The van der Waals surface area contributed by atoms with Gasteiger partial charge in [0.1, 0.15) is 23.2 Å². The number of amides is 2. The average molecular weight is 579 g/mol. The molecule has 11 heteroatoms. The van der Waals surface area contributed by atoms with Crippen LogP contribution in [0.3, 0.4) is 0 Å². The van der Waals surface area contributed by atoms with Gasteiger partial charge in [-0.3, -0.25) is 9.59 Å². The van der Waals surface area contributed by atoms with Crippen LogP contribution in [0.4, 0.5) is 22.4 Å². The highest BCUT2D eigenvalue weighted by Gasteiger charge is 2.53. The van der Waals surface area contributed by atoms with Gasteiger partial charge in [0.05, 0.1) is 5.92 Å². The number of Topliss-reactive ketones (excluding diaryl/α,β-unsaturated/α-hetero) is 1. The summed E-state index contributed by atoms with van der Waals surface area (Å²) in [7, 11) is 0. The fraction of sp³-hybridized carbons (Fsp3) is 0.500. The maximum Gasteiger partial charge on any atom is 0.410 e. The highest BCUT2D eigenvalue weighted by atomic mass is 19.4. The summed E-state index contributed by atoms with van der Waals surface area (Å²) in [6.45, 7) is 5.73. The van der Waals surface area contributed by atoms with Crippen molar-refractivity contribution in [1.29, 1.82) is 0 Å². The Balaban J connectivity index is 1.87. The zero-order valence-corrected chi connectivity index (χ0v) is 23.4. The average Bonchev–Trinajstić information content (AvgIpc) is 3.39. The zero-order chi connectivity index (χ0) is 30.3. The number of phenolic OH excluding ortho intramolecular Hbond substituents is 1. The molecule has 1 N–H and O–H groups in total. The number of alkyl halides is 3. The van der Waals surface area contributed by atoms with Crippen LogP contribution in [0.25, 0.3) is 0 Å². The van der Waals surface area contributed by atoms with Crippen LogP contribution in [0.2, 0.25) is 0 Å². The van der Waals surface area contributed by atoms with Gasteiger partial charge in [-0.15, -0.1) is 0 Å². The van der Waals surface area contributed by atoms with Crippen molar-refractivity contribution in [3.05, 3.63) is 65.0 Å². The minimum absolute atomic E-state index is 0.0839. The summed E-state index contributed by atoms with van der Waals surface area (Å²) >= 11 is 0. The summed E-state index contributed by atoms with van der Waals surface area (Å²) in [5.74, 6) is -5.70. The number of carbonyl (C=O) groups excluding carboxylic acids is 3. The van der Waals surface area contributed by atoms with E-state index in [0.29, 0.717) is 5.56 Å². The molecule has 2 aliphatic heterocycles. The van der Waals surface area contributed by atoms with Crippen molar-refractivity contribution in [1.82, 2.24) is 9.80 Å². The van der Waals surface area contributed by atoms with Crippen molar-refractivity contribution < 1.29 is 41.8 Å². The van der Waals surface area contributed by atoms with Crippen LogP contribution in [0.5, 0.6) is 5.75 Å². The van der Waals surface area contributed by atoms with E-state index in [0.717, 1.165) is 4.90 Å². The number of halogens is 4. The first-order valence-corrected chi connectivity index (χ1v) is 13.5. The highest BCUT2D eigenvalue weighted by Crippen LogP contribution is 2.44. The topological polar surface area (TPSA) is 87.1 Å². The standard InChI is InChI=1S/C30H34F4N2O5/c1-17-20(10-6-11-23(17)31)25-21(26(38)18-8-5-9-19(37)14-18)15-35(28(40)41-29(2,3)4)16-22(25)27(39)36-13-7-12-24(36)30(32,33)34/h5-6,8-11,14,21-22,24-25,37H,7,12-13,15-16H2,1-4H3/t21-,22+,24-,25+/m0/s1. The van der Waals surface area contributed by atoms with Crippen molar-refractivity contribution in [2.45, 2.75) is 64.3 Å². The normalized spacial score (nSPS) is 23.4. The first-order valence-electron chi connectivity index (χ1n) is 13.5. The molecule has 0 radical (unpaired) electrons. The molecule has 7 nitrogen and oxygen atoms in total. The van der Waals surface area contributed by atoms with Gasteiger partial charge >= 0.3 is 12.3 Å². The van der Waals surface area contributed by atoms with Gasteiger partial charge in [-0.05, 0) is 69.9 Å². The minimum Gasteiger partial charge on any atom is -0.508 e. The number of phenols is 1. The molecule has 0 saturated carbocycles. The van der Waals surface area contributed by atoms with Gasteiger partial charge in [0.2, 0.25) is 5.91 Å². The van der Waals surface area contributed by atoms with E-state index in [9.17, 15) is 37.1 Å². The van der Waals surface area contributed by atoms with E-state index in [4.69, 9.17) is 4.74 Å². The summed E-state index contributed by atoms with van der Waals surface area (Å²) in [6, 6.07) is 7.72. The number of nitrogens with zero attached hydrogens (tertiary/aromatic N) is 2. The van der Waals surface area contributed by atoms with E-state index >= 15 is 0 Å². The Bertz CT molecular complexity index is 1320. The number of hydrogen-bond acceptors (Lipinski definition) is 5. The maximum atomic E-state index is 14.8. The smallest absolute Gasteiger partial charge is 0.410 e. The Morgan fingerprint density at radius 3 is 2.29 bits per heavy atom. The molecule has 2 aromatic rings. The summed E-state index contributed by atoms with van der Waals surface area (Å²) in [5.41, 5.74) is -0.384. The second kappa shape index (κ2) is 11.3. The van der Waals surface area contributed by atoms with E-state index in [2.05, 4.69) is 0 Å². The Hall–Kier alpha value is -3.63. The van der Waals surface area contributed by atoms with Crippen molar-refractivity contribution in [2.24, 2.45) is 11.8 Å². The molecule has 0 aromatic heterocycles. The van der Waals surface area contributed by atoms with Gasteiger partial charge in [0, 0.05) is 37.0 Å². The quantitative estimate of drug-likeness (QED) is 0.364. The number of benzene rings is 2. The highest BCUT2D eigenvalue weighted by molar-refractivity contribution is 6.00. The van der Waals surface area contributed by atoms with Crippen LogP contribution >= 0.6 is 0 Å². The van der Waals surface area contributed by atoms with Crippen molar-refractivity contribution in [3.8, 4) is 5.75 Å². The molecule has 2 heterocycles. The fourth-order valence-corrected chi connectivity index (χ4v) is 5.89. The molecule has 2 amide bonds. The van der Waals surface area contributed by atoms with Crippen LogP contribution in [0, 0.1) is 24.6 Å². The molecule has 41 heavy (non-hydrogen) atoms. The molecule has 2 aliphatic rings.